The van der Waals surface area contributed by atoms with Crippen LogP contribution in [0.15, 0.2) is 0 Å². The second-order valence-corrected chi connectivity index (χ2v) is 5.94. The van der Waals surface area contributed by atoms with Crippen molar-refractivity contribution in [3.05, 3.63) is 10.8 Å². The molecular formula is C12H19N5S. The largest absolute Gasteiger partial charge is 0.308 e. The maximum Gasteiger partial charge on any atom is 0.234 e. The topological polar surface area (TPSA) is 55.1 Å². The highest BCUT2D eigenvalue weighted by Gasteiger charge is 2.24. The van der Waals surface area contributed by atoms with Crippen LogP contribution in [0.3, 0.4) is 0 Å². The molecule has 3 rings (SSSR count). The summed E-state index contributed by atoms with van der Waals surface area (Å²) < 4.78 is 1.96. The number of rotatable bonds is 4. The van der Waals surface area contributed by atoms with Crippen molar-refractivity contribution in [3.63, 3.8) is 0 Å². The van der Waals surface area contributed by atoms with Crippen molar-refractivity contribution in [2.75, 3.05) is 6.54 Å². The van der Waals surface area contributed by atoms with E-state index in [-0.39, 0.29) is 6.04 Å². The molecule has 2 aromatic heterocycles. The van der Waals surface area contributed by atoms with Crippen molar-refractivity contribution in [1.29, 1.82) is 0 Å². The van der Waals surface area contributed by atoms with Crippen LogP contribution in [0, 0.1) is 0 Å². The standard InChI is InChI=1S/C12H19N5S/c1-3-13-8(2)11-16-17-10(9-6-4-5-7-9)14-15-12(17)18-11/h8-9,13H,3-7H2,1-2H3. The van der Waals surface area contributed by atoms with Crippen molar-refractivity contribution in [1.82, 2.24) is 25.1 Å². The normalized spacial score (nSPS) is 18.8. The van der Waals surface area contributed by atoms with E-state index < -0.39 is 0 Å². The SMILES string of the molecule is CCNC(C)c1nn2c(C3CCCC3)nnc2s1. The first-order chi connectivity index (χ1) is 8.79. The van der Waals surface area contributed by atoms with E-state index in [0.717, 1.165) is 22.3 Å². The lowest BCUT2D eigenvalue weighted by Gasteiger charge is -2.07. The van der Waals surface area contributed by atoms with Gasteiger partial charge in [0.2, 0.25) is 4.96 Å². The van der Waals surface area contributed by atoms with Crippen molar-refractivity contribution in [2.45, 2.75) is 51.5 Å². The number of hydrogen-bond acceptors (Lipinski definition) is 5. The molecule has 1 atom stereocenters. The smallest absolute Gasteiger partial charge is 0.234 e. The molecule has 18 heavy (non-hydrogen) atoms. The minimum Gasteiger partial charge on any atom is -0.308 e. The van der Waals surface area contributed by atoms with Crippen molar-refractivity contribution >= 4 is 16.3 Å². The third-order valence-electron chi connectivity index (χ3n) is 3.63. The fourth-order valence-corrected chi connectivity index (χ4v) is 3.53. The Labute approximate surface area is 111 Å². The van der Waals surface area contributed by atoms with Gasteiger partial charge in [-0.3, -0.25) is 0 Å². The second-order valence-electron chi connectivity index (χ2n) is 4.95. The van der Waals surface area contributed by atoms with E-state index in [1.54, 1.807) is 11.3 Å². The molecule has 5 nitrogen and oxygen atoms in total. The van der Waals surface area contributed by atoms with Crippen LogP contribution in [0.5, 0.6) is 0 Å². The first kappa shape index (κ1) is 12.0. The van der Waals surface area contributed by atoms with E-state index in [0.29, 0.717) is 5.92 Å². The molecular weight excluding hydrogens is 246 g/mol. The van der Waals surface area contributed by atoms with Gasteiger partial charge in [0.05, 0.1) is 6.04 Å². The molecule has 1 unspecified atom stereocenters. The van der Waals surface area contributed by atoms with Gasteiger partial charge in [0, 0.05) is 5.92 Å². The predicted octanol–water partition coefficient (Wildman–Crippen LogP) is 2.51. The summed E-state index contributed by atoms with van der Waals surface area (Å²) in [5, 5.41) is 17.8. The van der Waals surface area contributed by atoms with Gasteiger partial charge in [-0.25, -0.2) is 0 Å². The first-order valence-electron chi connectivity index (χ1n) is 6.75. The van der Waals surface area contributed by atoms with E-state index in [1.807, 2.05) is 4.52 Å². The van der Waals surface area contributed by atoms with E-state index in [4.69, 9.17) is 0 Å². The number of nitrogens with zero attached hydrogens (tertiary/aromatic N) is 4. The number of fused-ring (bicyclic) bond motifs is 1. The molecule has 0 aromatic carbocycles. The molecule has 2 aromatic rings. The van der Waals surface area contributed by atoms with Crippen LogP contribution in [-0.4, -0.2) is 26.4 Å². The van der Waals surface area contributed by atoms with Crippen molar-refractivity contribution < 1.29 is 0 Å². The Hall–Kier alpha value is -1.01. The Balaban J connectivity index is 1.92. The second kappa shape index (κ2) is 4.93. The number of hydrogen-bond donors (Lipinski definition) is 1. The fraction of sp³-hybridized carbons (Fsp3) is 0.750. The van der Waals surface area contributed by atoms with Crippen LogP contribution in [-0.2, 0) is 0 Å². The molecule has 1 aliphatic carbocycles. The van der Waals surface area contributed by atoms with Gasteiger partial charge in [-0.05, 0) is 26.3 Å². The summed E-state index contributed by atoms with van der Waals surface area (Å²) in [7, 11) is 0. The van der Waals surface area contributed by atoms with Gasteiger partial charge in [0.25, 0.3) is 0 Å². The Kier molecular flexibility index (Phi) is 3.30. The van der Waals surface area contributed by atoms with Crippen molar-refractivity contribution in [2.24, 2.45) is 0 Å². The van der Waals surface area contributed by atoms with E-state index >= 15 is 0 Å². The maximum atomic E-state index is 4.68. The van der Waals surface area contributed by atoms with Gasteiger partial charge in [-0.2, -0.15) is 9.61 Å². The lowest BCUT2D eigenvalue weighted by atomic mass is 10.1. The molecule has 1 aliphatic rings. The van der Waals surface area contributed by atoms with Crippen LogP contribution < -0.4 is 5.32 Å². The third-order valence-corrected chi connectivity index (χ3v) is 4.71. The molecule has 6 heteroatoms. The Morgan fingerprint density at radius 2 is 2.17 bits per heavy atom. The first-order valence-corrected chi connectivity index (χ1v) is 7.56. The summed E-state index contributed by atoms with van der Waals surface area (Å²) in [5.74, 6) is 1.62. The van der Waals surface area contributed by atoms with Gasteiger partial charge >= 0.3 is 0 Å². The van der Waals surface area contributed by atoms with Gasteiger partial charge in [-0.1, -0.05) is 31.1 Å². The number of nitrogens with one attached hydrogen (secondary N) is 1. The zero-order chi connectivity index (χ0) is 12.5. The molecule has 2 heterocycles. The molecule has 0 amide bonds. The van der Waals surface area contributed by atoms with Gasteiger partial charge in [-0.15, -0.1) is 10.2 Å². The summed E-state index contributed by atoms with van der Waals surface area (Å²) in [4.78, 5) is 0.927. The highest BCUT2D eigenvalue weighted by molar-refractivity contribution is 7.16. The van der Waals surface area contributed by atoms with Crippen LogP contribution in [0.2, 0.25) is 0 Å². The molecule has 0 radical (unpaired) electrons. The zero-order valence-corrected chi connectivity index (χ0v) is 11.7. The molecule has 0 saturated heterocycles. The van der Waals surface area contributed by atoms with E-state index in [9.17, 15) is 0 Å². The molecule has 98 valence electrons. The average molecular weight is 265 g/mol. The minimum absolute atomic E-state index is 0.290. The molecule has 0 aliphatic heterocycles. The Bertz CT molecular complexity index is 526. The lowest BCUT2D eigenvalue weighted by molar-refractivity contribution is 0.577. The predicted molar refractivity (Wildman–Crippen MR) is 72.0 cm³/mol. The van der Waals surface area contributed by atoms with Crippen LogP contribution in [0.4, 0.5) is 0 Å². The summed E-state index contributed by atoms with van der Waals surface area (Å²) in [5.41, 5.74) is 0. The van der Waals surface area contributed by atoms with Gasteiger partial charge < -0.3 is 5.32 Å². The van der Waals surface area contributed by atoms with Gasteiger partial charge in [0.15, 0.2) is 5.82 Å². The molecule has 1 N–H and O–H groups in total. The number of aromatic nitrogens is 4. The zero-order valence-electron chi connectivity index (χ0n) is 10.9. The van der Waals surface area contributed by atoms with Crippen LogP contribution in [0.25, 0.3) is 4.96 Å². The maximum absolute atomic E-state index is 4.68. The van der Waals surface area contributed by atoms with E-state index in [1.165, 1.54) is 25.7 Å². The molecule has 1 fully saturated rings. The van der Waals surface area contributed by atoms with Crippen molar-refractivity contribution in [3.8, 4) is 0 Å². The summed E-state index contributed by atoms with van der Waals surface area (Å²) >= 11 is 1.64. The average Bonchev–Trinajstić information content (AvgIpc) is 3.04. The quantitative estimate of drug-likeness (QED) is 0.923. The van der Waals surface area contributed by atoms with Crippen LogP contribution >= 0.6 is 11.3 Å². The van der Waals surface area contributed by atoms with E-state index in [2.05, 4.69) is 34.5 Å². The third kappa shape index (κ3) is 2.03. The van der Waals surface area contributed by atoms with Gasteiger partial charge in [0.1, 0.15) is 5.01 Å². The Morgan fingerprint density at radius 3 is 2.89 bits per heavy atom. The summed E-state index contributed by atoms with van der Waals surface area (Å²) in [6.07, 6.45) is 5.08. The monoisotopic (exact) mass is 265 g/mol. The highest BCUT2D eigenvalue weighted by Crippen LogP contribution is 2.34. The van der Waals surface area contributed by atoms with Crippen LogP contribution in [0.1, 0.15) is 62.3 Å². The minimum atomic E-state index is 0.290. The summed E-state index contributed by atoms with van der Waals surface area (Å²) in [6.45, 7) is 5.21. The highest BCUT2D eigenvalue weighted by atomic mass is 32.1. The Morgan fingerprint density at radius 1 is 1.39 bits per heavy atom. The molecule has 0 spiro atoms. The molecule has 1 saturated carbocycles. The lowest BCUT2D eigenvalue weighted by Crippen LogP contribution is -2.17. The summed E-state index contributed by atoms with van der Waals surface area (Å²) in [6, 6.07) is 0.290. The molecule has 0 bridgehead atoms. The fourth-order valence-electron chi connectivity index (χ4n) is 2.65.